The fraction of sp³-hybridized carbons (Fsp3) is 0.600. The first-order valence-corrected chi connectivity index (χ1v) is 16.0. The summed E-state index contributed by atoms with van der Waals surface area (Å²) < 4.78 is 63.6. The minimum atomic E-state index is -3.43. The molecule has 0 N–H and O–H groups in total. The molecule has 0 unspecified atom stereocenters. The lowest BCUT2D eigenvalue weighted by Crippen LogP contribution is -2.37. The van der Waals surface area contributed by atoms with Crippen LogP contribution in [0.25, 0.3) is 0 Å². The van der Waals surface area contributed by atoms with Crippen molar-refractivity contribution in [3.63, 3.8) is 0 Å². The number of benzene rings is 2. The van der Waals surface area contributed by atoms with Gasteiger partial charge in [-0.2, -0.15) is 8.78 Å². The maximum atomic E-state index is 15.3. The van der Waals surface area contributed by atoms with Gasteiger partial charge in [-0.25, -0.2) is 8.78 Å². The molecule has 0 heterocycles. The molecule has 0 spiro atoms. The molecule has 5 rings (SSSR count). The highest BCUT2D eigenvalue weighted by atomic mass is 35.5. The van der Waals surface area contributed by atoms with Crippen LogP contribution in [-0.2, 0) is 0 Å². The highest BCUT2D eigenvalue weighted by molar-refractivity contribution is 6.30. The van der Waals surface area contributed by atoms with Gasteiger partial charge in [-0.05, 0) is 149 Å². The number of rotatable bonds is 8. The van der Waals surface area contributed by atoms with Crippen molar-refractivity contribution >= 4 is 11.6 Å². The SMILES string of the molecule is CC=CCC1CCC(C2CCC(c3ccc(C4CCC(C(F)(F)Oc5ccc(Cl)c(F)c5)CC4)c(F)c3)CC2)CC1. The zero-order valence-corrected chi connectivity index (χ0v) is 24.8. The lowest BCUT2D eigenvalue weighted by molar-refractivity contribution is -0.222. The van der Waals surface area contributed by atoms with Crippen LogP contribution in [0.4, 0.5) is 17.6 Å². The zero-order chi connectivity index (χ0) is 29.0. The normalized spacial score (nSPS) is 29.5. The highest BCUT2D eigenvalue weighted by Gasteiger charge is 2.44. The topological polar surface area (TPSA) is 9.23 Å². The first-order valence-electron chi connectivity index (χ1n) is 15.7. The summed E-state index contributed by atoms with van der Waals surface area (Å²) in [6.07, 6.45) is 13.8. The number of allylic oxidation sites excluding steroid dienone is 2. The molecule has 6 heteroatoms. The molecule has 0 amide bonds. The Morgan fingerprint density at radius 1 is 0.780 bits per heavy atom. The fourth-order valence-electron chi connectivity index (χ4n) is 7.80. The molecule has 41 heavy (non-hydrogen) atoms. The number of ether oxygens (including phenoxy) is 1. The third-order valence-corrected chi connectivity index (χ3v) is 10.6. The van der Waals surface area contributed by atoms with E-state index in [0.717, 1.165) is 42.2 Å². The molecular weight excluding hydrogens is 548 g/mol. The van der Waals surface area contributed by atoms with Gasteiger partial charge in [0, 0.05) is 6.07 Å². The standard InChI is InChI=1S/C35H43ClF4O/c1-2-3-4-23-5-7-24(8-6-23)25-9-11-26(12-10-25)28-15-19-31(33(37)21-28)27-13-16-29(17-14-27)35(39,40)41-30-18-20-32(36)34(38)22-30/h2-3,15,18-27,29H,4-14,16-17H2,1H3. The van der Waals surface area contributed by atoms with E-state index in [1.54, 1.807) is 6.07 Å². The van der Waals surface area contributed by atoms with Gasteiger partial charge in [-0.1, -0.05) is 35.9 Å². The molecule has 2 aromatic carbocycles. The Morgan fingerprint density at radius 3 is 2.02 bits per heavy atom. The number of alkyl halides is 2. The molecule has 0 bridgehead atoms. The van der Waals surface area contributed by atoms with Gasteiger partial charge in [-0.15, -0.1) is 0 Å². The molecule has 3 aliphatic rings. The number of halogens is 5. The van der Waals surface area contributed by atoms with E-state index in [-0.39, 0.29) is 35.3 Å². The van der Waals surface area contributed by atoms with Crippen molar-refractivity contribution in [2.75, 3.05) is 0 Å². The van der Waals surface area contributed by atoms with Gasteiger partial charge in [0.25, 0.3) is 0 Å². The molecule has 224 valence electrons. The van der Waals surface area contributed by atoms with Crippen LogP contribution in [-0.4, -0.2) is 6.11 Å². The molecule has 3 fully saturated rings. The van der Waals surface area contributed by atoms with E-state index in [1.807, 2.05) is 6.07 Å². The van der Waals surface area contributed by atoms with E-state index in [9.17, 15) is 13.2 Å². The third kappa shape index (κ3) is 7.50. The molecule has 3 saturated carbocycles. The monoisotopic (exact) mass is 590 g/mol. The Bertz CT molecular complexity index is 1170. The highest BCUT2D eigenvalue weighted by Crippen LogP contribution is 2.46. The molecule has 0 aromatic heterocycles. The largest absolute Gasteiger partial charge is 0.432 e. The van der Waals surface area contributed by atoms with Gasteiger partial charge in [0.15, 0.2) is 0 Å². The van der Waals surface area contributed by atoms with E-state index in [2.05, 4.69) is 25.1 Å². The maximum Gasteiger partial charge on any atom is 0.400 e. The second-order valence-corrected chi connectivity index (χ2v) is 13.2. The quantitative estimate of drug-likeness (QED) is 0.219. The van der Waals surface area contributed by atoms with Crippen LogP contribution in [0, 0.1) is 35.3 Å². The van der Waals surface area contributed by atoms with E-state index in [1.165, 1.54) is 57.1 Å². The van der Waals surface area contributed by atoms with Crippen molar-refractivity contribution in [3.05, 3.63) is 76.3 Å². The van der Waals surface area contributed by atoms with E-state index in [4.69, 9.17) is 16.3 Å². The summed E-state index contributed by atoms with van der Waals surface area (Å²) in [6, 6.07) is 9.02. The Balaban J connectivity index is 1.10. The summed E-state index contributed by atoms with van der Waals surface area (Å²) >= 11 is 5.64. The Morgan fingerprint density at radius 2 is 1.41 bits per heavy atom. The maximum absolute atomic E-state index is 15.3. The predicted octanol–water partition coefficient (Wildman–Crippen LogP) is 11.6. The average Bonchev–Trinajstić information content (AvgIpc) is 2.98. The molecule has 0 radical (unpaired) electrons. The molecule has 0 atom stereocenters. The van der Waals surface area contributed by atoms with Crippen molar-refractivity contribution in [3.8, 4) is 5.75 Å². The van der Waals surface area contributed by atoms with Gasteiger partial charge >= 0.3 is 6.11 Å². The van der Waals surface area contributed by atoms with Gasteiger partial charge in [-0.3, -0.25) is 0 Å². The molecule has 0 aliphatic heterocycles. The van der Waals surface area contributed by atoms with Crippen LogP contribution in [0.15, 0.2) is 48.6 Å². The first kappa shape index (κ1) is 30.4. The van der Waals surface area contributed by atoms with Crippen LogP contribution in [0.3, 0.4) is 0 Å². The van der Waals surface area contributed by atoms with Gasteiger partial charge < -0.3 is 4.74 Å². The van der Waals surface area contributed by atoms with Crippen LogP contribution in [0.2, 0.25) is 5.02 Å². The summed E-state index contributed by atoms with van der Waals surface area (Å²) in [5.41, 5.74) is 1.73. The van der Waals surface area contributed by atoms with Crippen LogP contribution in [0.5, 0.6) is 5.75 Å². The molecule has 0 saturated heterocycles. The van der Waals surface area contributed by atoms with Gasteiger partial charge in [0.2, 0.25) is 0 Å². The van der Waals surface area contributed by atoms with Gasteiger partial charge in [0.1, 0.15) is 17.4 Å². The Labute approximate surface area is 247 Å². The van der Waals surface area contributed by atoms with E-state index in [0.29, 0.717) is 24.3 Å². The van der Waals surface area contributed by atoms with Crippen LogP contribution >= 0.6 is 11.6 Å². The molecular formula is C35H43ClF4O. The Kier molecular flexibility index (Phi) is 10.0. The van der Waals surface area contributed by atoms with Crippen molar-refractivity contribution in [1.29, 1.82) is 0 Å². The van der Waals surface area contributed by atoms with E-state index < -0.39 is 17.8 Å². The smallest absolute Gasteiger partial charge is 0.400 e. The van der Waals surface area contributed by atoms with Crippen LogP contribution in [0.1, 0.15) is 113 Å². The van der Waals surface area contributed by atoms with Crippen molar-refractivity contribution in [2.24, 2.45) is 23.7 Å². The second kappa shape index (κ2) is 13.5. The minimum Gasteiger partial charge on any atom is -0.432 e. The second-order valence-electron chi connectivity index (χ2n) is 12.8. The lowest BCUT2D eigenvalue weighted by atomic mass is 9.68. The van der Waals surface area contributed by atoms with Crippen molar-refractivity contribution < 1.29 is 22.3 Å². The summed E-state index contributed by atoms with van der Waals surface area (Å²) in [7, 11) is 0. The average molecular weight is 591 g/mol. The summed E-state index contributed by atoms with van der Waals surface area (Å²) in [6.45, 7) is 2.10. The van der Waals surface area contributed by atoms with Gasteiger partial charge in [0.05, 0.1) is 10.9 Å². The molecule has 2 aromatic rings. The lowest BCUT2D eigenvalue weighted by Gasteiger charge is -2.38. The predicted molar refractivity (Wildman–Crippen MR) is 158 cm³/mol. The summed E-state index contributed by atoms with van der Waals surface area (Å²) in [5, 5.41) is -0.143. The zero-order valence-electron chi connectivity index (χ0n) is 24.1. The molecule has 3 aliphatic carbocycles. The minimum absolute atomic E-state index is 0.0808. The van der Waals surface area contributed by atoms with E-state index >= 15 is 4.39 Å². The third-order valence-electron chi connectivity index (χ3n) is 10.3. The van der Waals surface area contributed by atoms with Crippen LogP contribution < -0.4 is 4.74 Å². The summed E-state index contributed by atoms with van der Waals surface area (Å²) in [5.74, 6) is 0.612. The molecule has 1 nitrogen and oxygen atoms in total. The Hall–Kier alpha value is -2.01. The number of hydrogen-bond donors (Lipinski definition) is 0. The fourth-order valence-corrected chi connectivity index (χ4v) is 7.92. The van der Waals surface area contributed by atoms with Crippen molar-refractivity contribution in [2.45, 2.75) is 108 Å². The van der Waals surface area contributed by atoms with Crippen molar-refractivity contribution in [1.82, 2.24) is 0 Å². The number of hydrogen-bond acceptors (Lipinski definition) is 1. The summed E-state index contributed by atoms with van der Waals surface area (Å²) in [4.78, 5) is 0. The first-order chi connectivity index (χ1) is 19.7.